The van der Waals surface area contributed by atoms with Crippen LogP contribution in [0.3, 0.4) is 0 Å². The molecule has 1 aromatic rings. The zero-order valence-electron chi connectivity index (χ0n) is 9.04. The van der Waals surface area contributed by atoms with Crippen LogP contribution in [-0.4, -0.2) is 43.5 Å². The zero-order chi connectivity index (χ0) is 11.6. The van der Waals surface area contributed by atoms with Crippen molar-refractivity contribution in [3.8, 4) is 0 Å². The third-order valence-electron chi connectivity index (χ3n) is 2.48. The van der Waals surface area contributed by atoms with Gasteiger partial charge in [0.2, 0.25) is 10.0 Å². The summed E-state index contributed by atoms with van der Waals surface area (Å²) in [6, 6.07) is 3.18. The van der Waals surface area contributed by atoms with E-state index in [0.717, 1.165) is 0 Å². The Balaban J connectivity index is 2.26. The Morgan fingerprint density at radius 1 is 1.56 bits per heavy atom. The Morgan fingerprint density at radius 2 is 2.38 bits per heavy atom. The summed E-state index contributed by atoms with van der Waals surface area (Å²) in [5, 5.41) is 0. The molecule has 0 aliphatic carbocycles. The molecule has 2 rings (SSSR count). The van der Waals surface area contributed by atoms with Crippen LogP contribution in [-0.2, 0) is 14.8 Å². The number of ether oxygens (including phenoxy) is 1. The van der Waals surface area contributed by atoms with Gasteiger partial charge >= 0.3 is 0 Å². The van der Waals surface area contributed by atoms with Crippen molar-refractivity contribution in [2.24, 2.45) is 0 Å². The predicted molar refractivity (Wildman–Crippen MR) is 58.4 cm³/mol. The molecule has 1 aliphatic heterocycles. The Morgan fingerprint density at radius 3 is 3.00 bits per heavy atom. The van der Waals surface area contributed by atoms with Crippen molar-refractivity contribution >= 4 is 10.0 Å². The van der Waals surface area contributed by atoms with Gasteiger partial charge in [-0.25, -0.2) is 8.42 Å². The van der Waals surface area contributed by atoms with Crippen molar-refractivity contribution in [2.75, 3.05) is 19.7 Å². The summed E-state index contributed by atoms with van der Waals surface area (Å²) in [5.41, 5.74) is 0. The van der Waals surface area contributed by atoms with Gasteiger partial charge in [0.15, 0.2) is 0 Å². The Labute approximate surface area is 95.1 Å². The quantitative estimate of drug-likeness (QED) is 0.757. The molecule has 1 aliphatic rings. The van der Waals surface area contributed by atoms with Crippen molar-refractivity contribution in [2.45, 2.75) is 17.9 Å². The molecular weight excluding hydrogens is 228 g/mol. The van der Waals surface area contributed by atoms with Crippen LogP contribution >= 0.6 is 0 Å². The maximum Gasteiger partial charge on any atom is 0.244 e. The second-order valence-corrected chi connectivity index (χ2v) is 5.67. The number of pyridine rings is 1. The molecule has 0 radical (unpaired) electrons. The lowest BCUT2D eigenvalue weighted by molar-refractivity contribution is 0.0102. The van der Waals surface area contributed by atoms with Gasteiger partial charge in [0.1, 0.15) is 4.90 Å². The lowest BCUT2D eigenvalue weighted by Gasteiger charge is -2.30. The highest BCUT2D eigenvalue weighted by Gasteiger charge is 2.28. The van der Waals surface area contributed by atoms with Crippen LogP contribution in [0.1, 0.15) is 6.92 Å². The fourth-order valence-electron chi connectivity index (χ4n) is 1.65. The molecule has 0 bridgehead atoms. The van der Waals surface area contributed by atoms with E-state index in [4.69, 9.17) is 4.74 Å². The van der Waals surface area contributed by atoms with E-state index in [0.29, 0.717) is 19.7 Å². The minimum Gasteiger partial charge on any atom is -0.376 e. The summed E-state index contributed by atoms with van der Waals surface area (Å²) in [6.45, 7) is 3.12. The van der Waals surface area contributed by atoms with Crippen LogP contribution in [0.15, 0.2) is 29.4 Å². The maximum absolute atomic E-state index is 12.2. The molecule has 1 aromatic heterocycles. The largest absolute Gasteiger partial charge is 0.376 e. The average Bonchev–Trinajstić information content (AvgIpc) is 2.30. The molecule has 1 atom stereocenters. The minimum absolute atomic E-state index is 0.0554. The molecule has 5 nitrogen and oxygen atoms in total. The van der Waals surface area contributed by atoms with Crippen molar-refractivity contribution < 1.29 is 13.2 Å². The number of sulfonamides is 1. The fourth-order valence-corrected chi connectivity index (χ4v) is 3.12. The van der Waals surface area contributed by atoms with Gasteiger partial charge in [0, 0.05) is 25.5 Å². The molecule has 1 saturated heterocycles. The summed E-state index contributed by atoms with van der Waals surface area (Å²) in [5.74, 6) is 0. The van der Waals surface area contributed by atoms with E-state index >= 15 is 0 Å². The van der Waals surface area contributed by atoms with Crippen molar-refractivity contribution in [3.05, 3.63) is 24.5 Å². The minimum atomic E-state index is -3.40. The standard InChI is InChI=1S/C10H14N2O3S/c1-9-8-12(5-6-15-9)16(13,14)10-3-2-4-11-7-10/h2-4,7,9H,5-6,8H2,1H3. The molecule has 1 fully saturated rings. The summed E-state index contributed by atoms with van der Waals surface area (Å²) < 4.78 is 31.1. The second-order valence-electron chi connectivity index (χ2n) is 3.73. The number of morpholine rings is 1. The Hall–Kier alpha value is -0.980. The van der Waals surface area contributed by atoms with Gasteiger partial charge in [-0.15, -0.1) is 0 Å². The SMILES string of the molecule is CC1CN(S(=O)(=O)c2cccnc2)CCO1. The topological polar surface area (TPSA) is 59.5 Å². The first kappa shape index (κ1) is 11.5. The molecule has 0 spiro atoms. The highest BCUT2D eigenvalue weighted by Crippen LogP contribution is 2.17. The molecule has 1 unspecified atom stereocenters. The highest BCUT2D eigenvalue weighted by atomic mass is 32.2. The number of aromatic nitrogens is 1. The molecule has 0 N–H and O–H groups in total. The van der Waals surface area contributed by atoms with Gasteiger partial charge in [-0.1, -0.05) is 0 Å². The number of hydrogen-bond acceptors (Lipinski definition) is 4. The number of rotatable bonds is 2. The lowest BCUT2D eigenvalue weighted by atomic mass is 10.3. The monoisotopic (exact) mass is 242 g/mol. The molecule has 88 valence electrons. The number of hydrogen-bond donors (Lipinski definition) is 0. The van der Waals surface area contributed by atoms with Crippen LogP contribution < -0.4 is 0 Å². The van der Waals surface area contributed by atoms with E-state index in [2.05, 4.69) is 4.98 Å². The van der Waals surface area contributed by atoms with Gasteiger partial charge < -0.3 is 4.74 Å². The smallest absolute Gasteiger partial charge is 0.244 e. The molecule has 2 heterocycles. The van der Waals surface area contributed by atoms with Crippen LogP contribution in [0.25, 0.3) is 0 Å². The van der Waals surface area contributed by atoms with E-state index in [1.54, 1.807) is 18.3 Å². The second kappa shape index (κ2) is 4.48. The molecular formula is C10H14N2O3S. The summed E-state index contributed by atoms with van der Waals surface area (Å²) in [4.78, 5) is 4.07. The van der Waals surface area contributed by atoms with Gasteiger partial charge in [0.25, 0.3) is 0 Å². The summed E-state index contributed by atoms with van der Waals surface area (Å²) >= 11 is 0. The fraction of sp³-hybridized carbons (Fsp3) is 0.500. The first-order valence-corrected chi connectivity index (χ1v) is 6.56. The van der Waals surface area contributed by atoms with Crippen molar-refractivity contribution in [1.29, 1.82) is 0 Å². The van der Waals surface area contributed by atoms with E-state index in [9.17, 15) is 8.42 Å². The van der Waals surface area contributed by atoms with E-state index in [1.165, 1.54) is 10.5 Å². The van der Waals surface area contributed by atoms with Crippen molar-refractivity contribution in [1.82, 2.24) is 9.29 Å². The average molecular weight is 242 g/mol. The molecule has 16 heavy (non-hydrogen) atoms. The normalized spacial score (nSPS) is 23.2. The molecule has 0 saturated carbocycles. The van der Waals surface area contributed by atoms with Crippen LogP contribution in [0.4, 0.5) is 0 Å². The number of nitrogens with zero attached hydrogens (tertiary/aromatic N) is 2. The van der Waals surface area contributed by atoms with E-state index < -0.39 is 10.0 Å². The van der Waals surface area contributed by atoms with Gasteiger partial charge in [-0.3, -0.25) is 4.98 Å². The highest BCUT2D eigenvalue weighted by molar-refractivity contribution is 7.89. The van der Waals surface area contributed by atoms with E-state index in [1.807, 2.05) is 6.92 Å². The van der Waals surface area contributed by atoms with Crippen LogP contribution in [0, 0.1) is 0 Å². The molecule has 6 heteroatoms. The van der Waals surface area contributed by atoms with Gasteiger partial charge in [-0.05, 0) is 19.1 Å². The van der Waals surface area contributed by atoms with Gasteiger partial charge in [0.05, 0.1) is 12.7 Å². The zero-order valence-corrected chi connectivity index (χ0v) is 9.85. The summed E-state index contributed by atoms with van der Waals surface area (Å²) in [6.07, 6.45) is 2.87. The molecule has 0 aromatic carbocycles. The molecule has 0 amide bonds. The summed E-state index contributed by atoms with van der Waals surface area (Å²) in [7, 11) is -3.40. The third kappa shape index (κ3) is 2.23. The Kier molecular flexibility index (Phi) is 3.22. The maximum atomic E-state index is 12.2. The lowest BCUT2D eigenvalue weighted by Crippen LogP contribution is -2.44. The first-order chi connectivity index (χ1) is 7.60. The van der Waals surface area contributed by atoms with Crippen molar-refractivity contribution in [3.63, 3.8) is 0 Å². The first-order valence-electron chi connectivity index (χ1n) is 5.12. The third-order valence-corrected chi connectivity index (χ3v) is 4.32. The van der Waals surface area contributed by atoms with Gasteiger partial charge in [-0.2, -0.15) is 4.31 Å². The predicted octanol–water partition coefficient (Wildman–Crippen LogP) is 0.491. The Bertz CT molecular complexity index is 446. The van der Waals surface area contributed by atoms with E-state index in [-0.39, 0.29) is 11.0 Å². The van der Waals surface area contributed by atoms with Crippen LogP contribution in [0.2, 0.25) is 0 Å². The van der Waals surface area contributed by atoms with Crippen LogP contribution in [0.5, 0.6) is 0 Å².